The number of nitro benzene ring substituents is 1. The molecule has 0 atom stereocenters. The number of nitrogens with zero attached hydrogens (tertiary/aromatic N) is 3. The van der Waals surface area contributed by atoms with Gasteiger partial charge in [-0.25, -0.2) is 4.98 Å². The van der Waals surface area contributed by atoms with E-state index < -0.39 is 10.5 Å². The Hall–Kier alpha value is -1.93. The number of aromatic nitrogens is 2. The number of nitrogens with one attached hydrogen (secondary N) is 1. The minimum atomic E-state index is -0.527. The van der Waals surface area contributed by atoms with Crippen LogP contribution in [-0.4, -0.2) is 21.1 Å². The molecule has 106 valence electrons. The zero-order chi connectivity index (χ0) is 15.6. The van der Waals surface area contributed by atoms with Gasteiger partial charge in [0.1, 0.15) is 11.6 Å². The highest BCUT2D eigenvalue weighted by Crippen LogP contribution is 2.29. The van der Waals surface area contributed by atoms with E-state index in [1.165, 1.54) is 30.0 Å². The third-order valence-corrected chi connectivity index (χ3v) is 4.09. The number of hydrogen-bond acceptors (Lipinski definition) is 6. The molecule has 21 heavy (non-hydrogen) atoms. The molecule has 7 nitrogen and oxygen atoms in total. The summed E-state index contributed by atoms with van der Waals surface area (Å²) in [4.78, 5) is 28.9. The van der Waals surface area contributed by atoms with Crippen molar-refractivity contribution in [2.45, 2.75) is 5.16 Å². The summed E-state index contributed by atoms with van der Waals surface area (Å²) in [6, 6.07) is 6.01. The monoisotopic (exact) mass is 414 g/mol. The Morgan fingerprint density at radius 1 is 1.52 bits per heavy atom. The first-order chi connectivity index (χ1) is 9.97. The fraction of sp³-hybridized carbons (Fsp3) is 0.0833. The molecule has 0 radical (unpaired) electrons. The van der Waals surface area contributed by atoms with Crippen molar-refractivity contribution in [3.05, 3.63) is 47.8 Å². The molecule has 0 fully saturated rings. The lowest BCUT2D eigenvalue weighted by Gasteiger charge is -2.07. The van der Waals surface area contributed by atoms with Gasteiger partial charge in [-0.05, 0) is 34.9 Å². The Balaban J connectivity index is 2.72. The third-order valence-electron chi connectivity index (χ3n) is 2.62. The van der Waals surface area contributed by atoms with Crippen molar-refractivity contribution < 1.29 is 4.92 Å². The van der Waals surface area contributed by atoms with Gasteiger partial charge in [-0.3, -0.25) is 14.9 Å². The average molecular weight is 414 g/mol. The van der Waals surface area contributed by atoms with E-state index in [4.69, 9.17) is 5.26 Å². The molecule has 0 aliphatic heterocycles. The topological polar surface area (TPSA) is 113 Å². The Kier molecular flexibility index (Phi) is 4.59. The fourth-order valence-electron chi connectivity index (χ4n) is 1.66. The first-order valence-electron chi connectivity index (χ1n) is 5.50. The lowest BCUT2D eigenvalue weighted by Crippen LogP contribution is -2.14. The van der Waals surface area contributed by atoms with Crippen LogP contribution in [0, 0.1) is 25.0 Å². The number of aromatic amines is 1. The minimum absolute atomic E-state index is 0.0587. The van der Waals surface area contributed by atoms with Crippen molar-refractivity contribution in [2.75, 3.05) is 6.26 Å². The second-order valence-corrected chi connectivity index (χ2v) is 5.79. The highest BCUT2D eigenvalue weighted by molar-refractivity contribution is 14.1. The van der Waals surface area contributed by atoms with E-state index in [9.17, 15) is 14.9 Å². The Bertz CT molecular complexity index is 828. The van der Waals surface area contributed by atoms with Crippen molar-refractivity contribution in [3.8, 4) is 17.3 Å². The summed E-state index contributed by atoms with van der Waals surface area (Å²) in [6.07, 6.45) is 1.74. The first kappa shape index (κ1) is 15.5. The third kappa shape index (κ3) is 3.06. The molecule has 0 saturated heterocycles. The van der Waals surface area contributed by atoms with E-state index in [1.807, 2.05) is 28.7 Å². The normalized spacial score (nSPS) is 10.1. The van der Waals surface area contributed by atoms with E-state index in [-0.39, 0.29) is 16.9 Å². The molecule has 1 aromatic carbocycles. The van der Waals surface area contributed by atoms with Gasteiger partial charge in [0.05, 0.1) is 10.6 Å². The molecule has 0 aliphatic carbocycles. The highest BCUT2D eigenvalue weighted by Gasteiger charge is 2.17. The van der Waals surface area contributed by atoms with Gasteiger partial charge in [0.15, 0.2) is 5.16 Å². The molecule has 9 heteroatoms. The van der Waals surface area contributed by atoms with Crippen LogP contribution in [0.25, 0.3) is 11.3 Å². The van der Waals surface area contributed by atoms with Gasteiger partial charge in [0.25, 0.3) is 11.2 Å². The molecule has 1 aromatic heterocycles. The highest BCUT2D eigenvalue weighted by atomic mass is 127. The second-order valence-electron chi connectivity index (χ2n) is 3.83. The van der Waals surface area contributed by atoms with Crippen molar-refractivity contribution in [1.82, 2.24) is 9.97 Å². The summed E-state index contributed by atoms with van der Waals surface area (Å²) in [6.45, 7) is 0. The molecule has 0 unspecified atom stereocenters. The van der Waals surface area contributed by atoms with Crippen molar-refractivity contribution in [2.24, 2.45) is 0 Å². The molecule has 2 aromatic rings. The van der Waals surface area contributed by atoms with Crippen LogP contribution in [0.1, 0.15) is 5.56 Å². The maximum atomic E-state index is 11.9. The average Bonchev–Trinajstić information content (AvgIpc) is 2.46. The number of thioether (sulfide) groups is 1. The molecule has 2 rings (SSSR count). The number of rotatable bonds is 3. The van der Waals surface area contributed by atoms with E-state index >= 15 is 0 Å². The number of halogens is 1. The van der Waals surface area contributed by atoms with Crippen LogP contribution in [-0.2, 0) is 0 Å². The SMILES string of the molecule is CSc1nc(-c2ccc([N+](=O)[O-])cc2I)c(C#N)c(=O)[nH]1. The molecule has 0 saturated carbocycles. The molecule has 0 spiro atoms. The van der Waals surface area contributed by atoms with Gasteiger partial charge in [-0.15, -0.1) is 0 Å². The first-order valence-corrected chi connectivity index (χ1v) is 7.81. The quantitative estimate of drug-likeness (QED) is 0.272. The number of nitriles is 1. The Morgan fingerprint density at radius 3 is 2.76 bits per heavy atom. The summed E-state index contributed by atoms with van der Waals surface area (Å²) >= 11 is 3.16. The zero-order valence-corrected chi connectivity index (χ0v) is 13.6. The Labute approximate surface area is 136 Å². The molecule has 0 aliphatic rings. The number of benzene rings is 1. The standard InChI is InChI=1S/C12H7IN4O3S/c1-21-12-15-10(8(5-14)11(18)16-12)7-3-2-6(17(19)20)4-9(7)13/h2-4H,1H3,(H,15,16,18). The molecule has 0 amide bonds. The summed E-state index contributed by atoms with van der Waals surface area (Å²) in [5.74, 6) is 0. The van der Waals surface area contributed by atoms with Crippen LogP contribution < -0.4 is 5.56 Å². The number of non-ortho nitro benzene ring substituents is 1. The van der Waals surface area contributed by atoms with Crippen LogP contribution in [0.15, 0.2) is 28.2 Å². The van der Waals surface area contributed by atoms with Crippen LogP contribution in [0.4, 0.5) is 5.69 Å². The minimum Gasteiger partial charge on any atom is -0.300 e. The van der Waals surface area contributed by atoms with Crippen molar-refractivity contribution in [3.63, 3.8) is 0 Å². The van der Waals surface area contributed by atoms with Crippen LogP contribution in [0.2, 0.25) is 0 Å². The second kappa shape index (κ2) is 6.23. The largest absolute Gasteiger partial charge is 0.300 e. The van der Waals surface area contributed by atoms with Crippen LogP contribution in [0.3, 0.4) is 0 Å². The van der Waals surface area contributed by atoms with Gasteiger partial charge >= 0.3 is 0 Å². The van der Waals surface area contributed by atoms with E-state index in [0.717, 1.165) is 0 Å². The molecule has 0 bridgehead atoms. The van der Waals surface area contributed by atoms with Crippen molar-refractivity contribution in [1.29, 1.82) is 5.26 Å². The maximum absolute atomic E-state index is 11.9. The van der Waals surface area contributed by atoms with Gasteiger partial charge in [0, 0.05) is 21.3 Å². The molecule has 1 N–H and O–H groups in total. The summed E-state index contributed by atoms with van der Waals surface area (Å²) < 4.78 is 0.545. The molecule has 1 heterocycles. The Morgan fingerprint density at radius 2 is 2.24 bits per heavy atom. The smallest absolute Gasteiger partial charge is 0.270 e. The molecular weight excluding hydrogens is 407 g/mol. The van der Waals surface area contributed by atoms with Crippen LogP contribution >= 0.6 is 34.4 Å². The van der Waals surface area contributed by atoms with Gasteiger partial charge < -0.3 is 4.98 Å². The van der Waals surface area contributed by atoms with Gasteiger partial charge in [-0.1, -0.05) is 11.8 Å². The van der Waals surface area contributed by atoms with Gasteiger partial charge in [0.2, 0.25) is 0 Å². The molecular formula is C12H7IN4O3S. The summed E-state index contributed by atoms with van der Waals surface area (Å²) in [7, 11) is 0. The summed E-state index contributed by atoms with van der Waals surface area (Å²) in [5.41, 5.74) is 0.0428. The number of H-pyrrole nitrogens is 1. The lowest BCUT2D eigenvalue weighted by molar-refractivity contribution is -0.384. The lowest BCUT2D eigenvalue weighted by atomic mass is 10.1. The zero-order valence-electron chi connectivity index (χ0n) is 10.6. The maximum Gasteiger partial charge on any atom is 0.270 e. The van der Waals surface area contributed by atoms with E-state index in [1.54, 1.807) is 6.26 Å². The summed E-state index contributed by atoms with van der Waals surface area (Å²) in [5, 5.41) is 20.3. The van der Waals surface area contributed by atoms with Crippen LogP contribution in [0.5, 0.6) is 0 Å². The fourth-order valence-corrected chi connectivity index (χ4v) is 2.79. The number of nitro groups is 1. The van der Waals surface area contributed by atoms with Gasteiger partial charge in [-0.2, -0.15) is 5.26 Å². The van der Waals surface area contributed by atoms with Crippen molar-refractivity contribution >= 4 is 40.0 Å². The predicted molar refractivity (Wildman–Crippen MR) is 86.2 cm³/mol. The predicted octanol–water partition coefficient (Wildman–Crippen LogP) is 2.54. The van der Waals surface area contributed by atoms with E-state index in [0.29, 0.717) is 14.3 Å². The van der Waals surface area contributed by atoms with E-state index in [2.05, 4.69) is 9.97 Å². The number of hydrogen-bond donors (Lipinski definition) is 1.